The van der Waals surface area contributed by atoms with Crippen LogP contribution in [0.25, 0.3) is 0 Å². The van der Waals surface area contributed by atoms with Gasteiger partial charge in [-0.05, 0) is 18.6 Å². The molecule has 1 aromatic carbocycles. The second kappa shape index (κ2) is 8.87. The summed E-state index contributed by atoms with van der Waals surface area (Å²) in [5.41, 5.74) is 0.984. The number of nitrogens with zero attached hydrogens (tertiary/aromatic N) is 1. The van der Waals surface area contributed by atoms with E-state index in [1.807, 2.05) is 24.3 Å². The van der Waals surface area contributed by atoms with Crippen LogP contribution in [0.2, 0.25) is 0 Å². The smallest absolute Gasteiger partial charge is 0.262 e. The third-order valence-corrected chi connectivity index (χ3v) is 4.39. The number of rotatable bonds is 4. The van der Waals surface area contributed by atoms with E-state index >= 15 is 0 Å². The molecule has 0 saturated carbocycles. The first-order valence-electron chi connectivity index (χ1n) is 7.78. The molecule has 2 saturated heterocycles. The van der Waals surface area contributed by atoms with Crippen molar-refractivity contribution in [3.8, 4) is 5.75 Å². The van der Waals surface area contributed by atoms with Gasteiger partial charge in [0.2, 0.25) is 5.91 Å². The predicted octanol–water partition coefficient (Wildman–Crippen LogP) is 2.23. The van der Waals surface area contributed by atoms with Crippen molar-refractivity contribution in [1.29, 1.82) is 0 Å². The van der Waals surface area contributed by atoms with Gasteiger partial charge in [-0.15, -0.1) is 24.8 Å². The Morgan fingerprint density at radius 3 is 2.72 bits per heavy atom. The minimum Gasteiger partial charge on any atom is -0.495 e. The summed E-state index contributed by atoms with van der Waals surface area (Å²) in [6.07, 6.45) is 0.356. The molecule has 0 radical (unpaired) electrons. The molecule has 1 amide bonds. The van der Waals surface area contributed by atoms with Crippen LogP contribution in [-0.4, -0.2) is 50.7 Å². The van der Waals surface area contributed by atoms with Crippen LogP contribution in [-0.2, 0) is 4.79 Å². The summed E-state index contributed by atoms with van der Waals surface area (Å²) in [5, 5.41) is 5.46. The summed E-state index contributed by atoms with van der Waals surface area (Å²) in [7, 11) is 1.63. The van der Waals surface area contributed by atoms with E-state index in [1.165, 1.54) is 0 Å². The molecule has 0 spiro atoms. The molecule has 2 unspecified atom stereocenters. The Bertz CT molecular complexity index is 592. The average Bonchev–Trinajstić information content (AvgIpc) is 3.13. The predicted molar refractivity (Wildman–Crippen MR) is 97.6 cm³/mol. The van der Waals surface area contributed by atoms with Crippen molar-refractivity contribution in [1.82, 2.24) is 10.6 Å². The number of anilines is 1. The van der Waals surface area contributed by atoms with E-state index in [-0.39, 0.29) is 36.8 Å². The number of hydrogen-bond acceptors (Lipinski definition) is 4. The fourth-order valence-electron chi connectivity index (χ4n) is 3.19. The van der Waals surface area contributed by atoms with Crippen LogP contribution in [0.5, 0.6) is 5.75 Å². The fourth-order valence-corrected chi connectivity index (χ4v) is 3.19. The van der Waals surface area contributed by atoms with Crippen LogP contribution >= 0.6 is 24.8 Å². The van der Waals surface area contributed by atoms with E-state index < -0.39 is 24.9 Å². The Morgan fingerprint density at radius 2 is 2.08 bits per heavy atom. The van der Waals surface area contributed by atoms with Gasteiger partial charge in [-0.25, -0.2) is 8.78 Å². The van der Waals surface area contributed by atoms with E-state index in [0.717, 1.165) is 24.4 Å². The second-order valence-electron chi connectivity index (χ2n) is 6.11. The Labute approximate surface area is 158 Å². The molecule has 2 heterocycles. The van der Waals surface area contributed by atoms with Crippen LogP contribution in [0, 0.1) is 0 Å². The van der Waals surface area contributed by atoms with Gasteiger partial charge in [-0.2, -0.15) is 0 Å². The summed E-state index contributed by atoms with van der Waals surface area (Å²) in [6.45, 7) is 1.01. The maximum absolute atomic E-state index is 13.2. The summed E-state index contributed by atoms with van der Waals surface area (Å²) in [6, 6.07) is 6.87. The highest BCUT2D eigenvalue weighted by atomic mass is 35.5. The Balaban J connectivity index is 0.00000156. The quantitative estimate of drug-likeness (QED) is 0.817. The van der Waals surface area contributed by atoms with Crippen molar-refractivity contribution >= 4 is 36.4 Å². The molecule has 0 bridgehead atoms. The maximum atomic E-state index is 13.2. The zero-order valence-electron chi connectivity index (χ0n) is 13.8. The van der Waals surface area contributed by atoms with Gasteiger partial charge in [0, 0.05) is 25.6 Å². The number of amides is 1. The van der Waals surface area contributed by atoms with Crippen LogP contribution in [0.15, 0.2) is 24.3 Å². The van der Waals surface area contributed by atoms with E-state index in [0.29, 0.717) is 6.54 Å². The van der Waals surface area contributed by atoms with Gasteiger partial charge in [0.15, 0.2) is 0 Å². The third kappa shape index (κ3) is 5.09. The van der Waals surface area contributed by atoms with E-state index in [9.17, 15) is 13.6 Å². The van der Waals surface area contributed by atoms with Crippen LogP contribution < -0.4 is 20.3 Å². The molecule has 3 rings (SSSR count). The largest absolute Gasteiger partial charge is 0.495 e. The minimum absolute atomic E-state index is 0. The summed E-state index contributed by atoms with van der Waals surface area (Å²) >= 11 is 0. The van der Waals surface area contributed by atoms with Gasteiger partial charge in [0.05, 0.1) is 25.4 Å². The molecule has 142 valence electrons. The lowest BCUT2D eigenvalue weighted by Crippen LogP contribution is -2.46. The van der Waals surface area contributed by atoms with Crippen molar-refractivity contribution in [2.75, 3.05) is 31.6 Å². The number of para-hydroxylation sites is 2. The number of carbonyl (C=O) groups excluding carboxylic acids is 1. The molecule has 2 atom stereocenters. The van der Waals surface area contributed by atoms with Gasteiger partial charge in [-0.1, -0.05) is 12.1 Å². The molecule has 9 heteroatoms. The SMILES string of the molecule is COc1ccccc1N1CCC(NC(=O)C2CC(F)(F)CN2)C1.Cl.Cl. The Hall–Kier alpha value is -1.31. The first-order chi connectivity index (χ1) is 11.0. The third-order valence-electron chi connectivity index (χ3n) is 4.39. The number of hydrogen-bond donors (Lipinski definition) is 2. The standard InChI is InChI=1S/C16H21F2N3O2.2ClH/c1-23-14-5-3-2-4-13(14)21-7-6-11(9-21)20-15(22)12-8-16(17,18)10-19-12;;/h2-5,11-12,19H,6-10H2,1H3,(H,20,22);2*1H. The van der Waals surface area contributed by atoms with Crippen molar-refractivity contribution < 1.29 is 18.3 Å². The molecular weight excluding hydrogens is 375 g/mol. The van der Waals surface area contributed by atoms with Crippen LogP contribution in [0.4, 0.5) is 14.5 Å². The number of methoxy groups -OCH3 is 1. The van der Waals surface area contributed by atoms with E-state index in [2.05, 4.69) is 15.5 Å². The molecule has 2 N–H and O–H groups in total. The van der Waals surface area contributed by atoms with Gasteiger partial charge in [0.1, 0.15) is 5.75 Å². The molecule has 1 aromatic rings. The number of nitrogens with one attached hydrogen (secondary N) is 2. The number of alkyl halides is 2. The van der Waals surface area contributed by atoms with Crippen LogP contribution in [0.1, 0.15) is 12.8 Å². The molecule has 0 aromatic heterocycles. The van der Waals surface area contributed by atoms with E-state index in [4.69, 9.17) is 4.74 Å². The lowest BCUT2D eigenvalue weighted by Gasteiger charge is -2.22. The summed E-state index contributed by atoms with van der Waals surface area (Å²) in [5.74, 6) is -2.34. The molecule has 0 aliphatic carbocycles. The highest BCUT2D eigenvalue weighted by Crippen LogP contribution is 2.30. The molecule has 2 fully saturated rings. The minimum atomic E-state index is -2.79. The summed E-state index contributed by atoms with van der Waals surface area (Å²) < 4.78 is 31.7. The first kappa shape index (κ1) is 21.7. The molecule has 5 nitrogen and oxygen atoms in total. The number of ether oxygens (including phenoxy) is 1. The first-order valence-corrected chi connectivity index (χ1v) is 7.78. The highest BCUT2D eigenvalue weighted by molar-refractivity contribution is 5.85. The molecule has 2 aliphatic heterocycles. The Morgan fingerprint density at radius 1 is 1.36 bits per heavy atom. The lowest BCUT2D eigenvalue weighted by atomic mass is 10.1. The molecule has 25 heavy (non-hydrogen) atoms. The molecular formula is C16H23Cl2F2N3O2. The van der Waals surface area contributed by atoms with E-state index in [1.54, 1.807) is 7.11 Å². The fraction of sp³-hybridized carbons (Fsp3) is 0.562. The Kier molecular flexibility index (Phi) is 7.71. The zero-order chi connectivity index (χ0) is 16.4. The topological polar surface area (TPSA) is 53.6 Å². The lowest BCUT2D eigenvalue weighted by molar-refractivity contribution is -0.124. The monoisotopic (exact) mass is 397 g/mol. The van der Waals surface area contributed by atoms with Crippen molar-refractivity contribution in [2.24, 2.45) is 0 Å². The normalized spacial score (nSPS) is 24.2. The van der Waals surface area contributed by atoms with Gasteiger partial charge in [-0.3, -0.25) is 10.1 Å². The zero-order valence-corrected chi connectivity index (χ0v) is 15.5. The highest BCUT2D eigenvalue weighted by Gasteiger charge is 2.42. The number of benzene rings is 1. The summed E-state index contributed by atoms with van der Waals surface area (Å²) in [4.78, 5) is 14.2. The van der Waals surface area contributed by atoms with Gasteiger partial charge >= 0.3 is 0 Å². The number of halogens is 4. The average molecular weight is 398 g/mol. The van der Waals surface area contributed by atoms with Crippen LogP contribution in [0.3, 0.4) is 0 Å². The van der Waals surface area contributed by atoms with Gasteiger partial charge < -0.3 is 15.0 Å². The number of carbonyl (C=O) groups is 1. The van der Waals surface area contributed by atoms with Crippen molar-refractivity contribution in [3.05, 3.63) is 24.3 Å². The maximum Gasteiger partial charge on any atom is 0.262 e. The van der Waals surface area contributed by atoms with Gasteiger partial charge in [0.25, 0.3) is 5.92 Å². The van der Waals surface area contributed by atoms with Crippen molar-refractivity contribution in [3.63, 3.8) is 0 Å². The second-order valence-corrected chi connectivity index (χ2v) is 6.11. The van der Waals surface area contributed by atoms with Crippen molar-refractivity contribution in [2.45, 2.75) is 30.8 Å². The molecule has 2 aliphatic rings.